The van der Waals surface area contributed by atoms with Gasteiger partial charge in [0.2, 0.25) is 5.78 Å². The van der Waals surface area contributed by atoms with Gasteiger partial charge in [0.15, 0.2) is 0 Å². The first-order valence-electron chi connectivity index (χ1n) is 10.7. The first kappa shape index (κ1) is 26.1. The lowest BCUT2D eigenvalue weighted by Crippen LogP contribution is -2.22. The first-order chi connectivity index (χ1) is 16.6. The number of benzene rings is 2. The molecule has 2 N–H and O–H groups in total. The average Bonchev–Trinajstić information content (AvgIpc) is 2.80. The molecular weight excluding hydrogens is 485 g/mol. The molecule has 35 heavy (non-hydrogen) atoms. The molecule has 0 radical (unpaired) electrons. The lowest BCUT2D eigenvalue weighted by atomic mass is 9.98. The van der Waals surface area contributed by atoms with Gasteiger partial charge in [-0.2, -0.15) is 13.2 Å². The minimum atomic E-state index is -5.06. The normalized spacial score (nSPS) is 17.2. The topological polar surface area (TPSA) is 83.8 Å². The van der Waals surface area contributed by atoms with Crippen molar-refractivity contribution in [3.8, 4) is 11.5 Å². The molecule has 1 heterocycles. The fourth-order valence-corrected chi connectivity index (χ4v) is 3.71. The number of phenols is 2. The van der Waals surface area contributed by atoms with Gasteiger partial charge in [-0.05, 0) is 30.1 Å². The minimum absolute atomic E-state index is 0.117. The summed E-state index contributed by atoms with van der Waals surface area (Å²) in [6, 6.07) is 9.72. The van der Waals surface area contributed by atoms with Gasteiger partial charge in [0.1, 0.15) is 23.2 Å². The summed E-state index contributed by atoms with van der Waals surface area (Å²) in [5.74, 6) is -4.27. The van der Waals surface area contributed by atoms with E-state index in [0.717, 1.165) is 12.1 Å². The standard InChI is InChI=1S/C26H22ClF3O5/c27-24-18-13-16(14-22(33)26(28,29)30)9-5-2-1-3-8-12-21(17-10-6-4-7-11-17)35-25(34)23(18)19(31)15-20(24)32/h3-11,13,15,21,31-32H,1-2,12,14H2/t21-/m1/s1. The van der Waals surface area contributed by atoms with Crippen molar-refractivity contribution in [2.75, 3.05) is 0 Å². The Hall–Kier alpha value is -3.52. The number of allylic oxidation sites excluding steroid dienone is 4. The van der Waals surface area contributed by atoms with E-state index in [1.807, 2.05) is 12.2 Å². The van der Waals surface area contributed by atoms with Crippen LogP contribution >= 0.6 is 11.6 Å². The molecule has 0 spiro atoms. The van der Waals surface area contributed by atoms with Crippen LogP contribution in [0.15, 0.2) is 66.3 Å². The molecular formula is C26H22ClF3O5. The van der Waals surface area contributed by atoms with Crippen LogP contribution in [-0.2, 0) is 9.53 Å². The maximum absolute atomic E-state index is 13.2. The largest absolute Gasteiger partial charge is 0.507 e. The summed E-state index contributed by atoms with van der Waals surface area (Å²) in [6.45, 7) is 0. The summed E-state index contributed by atoms with van der Waals surface area (Å²) in [7, 11) is 0. The third kappa shape index (κ3) is 6.76. The molecule has 0 fully saturated rings. The number of rotatable bonds is 3. The average molecular weight is 507 g/mol. The van der Waals surface area contributed by atoms with E-state index in [4.69, 9.17) is 16.3 Å². The predicted molar refractivity (Wildman–Crippen MR) is 125 cm³/mol. The number of cyclic esters (lactones) is 1. The third-order valence-corrected chi connectivity index (χ3v) is 5.64. The van der Waals surface area contributed by atoms with Crippen molar-refractivity contribution < 1.29 is 37.7 Å². The zero-order valence-electron chi connectivity index (χ0n) is 18.4. The fourth-order valence-electron chi connectivity index (χ4n) is 3.50. The molecule has 2 aromatic rings. The smallest absolute Gasteiger partial charge is 0.450 e. The Morgan fingerprint density at radius 3 is 2.43 bits per heavy atom. The van der Waals surface area contributed by atoms with E-state index in [0.29, 0.717) is 24.8 Å². The molecule has 0 amide bonds. The SMILES string of the molecule is O=C1O[C@@H](c2ccccc2)CC=CCCC=CC(CC(=O)C(F)(F)F)=Cc2c(Cl)c(O)cc(O)c21. The number of ether oxygens (including phenoxy) is 1. The number of ketones is 1. The minimum Gasteiger partial charge on any atom is -0.507 e. The number of hydrogen-bond acceptors (Lipinski definition) is 5. The molecule has 2 aromatic carbocycles. The molecule has 5 nitrogen and oxygen atoms in total. The number of carbonyl (C=O) groups is 2. The molecule has 3 rings (SSSR count). The Morgan fingerprint density at radius 2 is 1.74 bits per heavy atom. The van der Waals surface area contributed by atoms with Crippen molar-refractivity contribution in [2.24, 2.45) is 0 Å². The molecule has 1 aliphatic heterocycles. The van der Waals surface area contributed by atoms with E-state index in [2.05, 4.69) is 0 Å². The van der Waals surface area contributed by atoms with Gasteiger partial charge >= 0.3 is 12.1 Å². The van der Waals surface area contributed by atoms with E-state index in [1.54, 1.807) is 36.4 Å². The van der Waals surface area contributed by atoms with Gasteiger partial charge in [-0.25, -0.2) is 4.79 Å². The third-order valence-electron chi connectivity index (χ3n) is 5.24. The van der Waals surface area contributed by atoms with E-state index < -0.39 is 47.5 Å². The molecule has 0 saturated carbocycles. The number of carbonyl (C=O) groups excluding carboxylic acids is 2. The van der Waals surface area contributed by atoms with Crippen LogP contribution in [0.2, 0.25) is 5.02 Å². The molecule has 0 bridgehead atoms. The van der Waals surface area contributed by atoms with Gasteiger partial charge in [-0.1, -0.05) is 66.2 Å². The summed E-state index contributed by atoms with van der Waals surface area (Å²) < 4.78 is 44.5. The van der Waals surface area contributed by atoms with Gasteiger partial charge in [-0.3, -0.25) is 4.79 Å². The Labute approximate surface area is 204 Å². The Bertz CT molecular complexity index is 1180. The summed E-state index contributed by atoms with van der Waals surface area (Å²) in [6.07, 6.45) is 2.20. The van der Waals surface area contributed by atoms with Crippen LogP contribution in [0.3, 0.4) is 0 Å². The molecule has 1 aliphatic rings. The highest BCUT2D eigenvalue weighted by Crippen LogP contribution is 2.39. The van der Waals surface area contributed by atoms with Gasteiger partial charge < -0.3 is 14.9 Å². The zero-order chi connectivity index (χ0) is 25.6. The van der Waals surface area contributed by atoms with Crippen LogP contribution in [-0.4, -0.2) is 28.1 Å². The van der Waals surface area contributed by atoms with Crippen LogP contribution in [0, 0.1) is 0 Å². The van der Waals surface area contributed by atoms with Crippen molar-refractivity contribution in [1.29, 1.82) is 0 Å². The molecule has 0 aromatic heterocycles. The van der Waals surface area contributed by atoms with Gasteiger partial charge in [-0.15, -0.1) is 0 Å². The number of hydrogen-bond donors (Lipinski definition) is 2. The molecule has 0 unspecified atom stereocenters. The quantitative estimate of drug-likeness (QED) is 0.351. The number of phenolic OH excluding ortho intramolecular Hbond substituents is 2. The van der Waals surface area contributed by atoms with Gasteiger partial charge in [0.25, 0.3) is 0 Å². The number of halogens is 4. The second-order valence-corrected chi connectivity index (χ2v) is 8.20. The molecule has 9 heteroatoms. The highest BCUT2D eigenvalue weighted by Gasteiger charge is 2.38. The maximum atomic E-state index is 13.2. The number of esters is 1. The van der Waals surface area contributed by atoms with Crippen LogP contribution in [0.4, 0.5) is 13.2 Å². The van der Waals surface area contributed by atoms with E-state index in [-0.39, 0.29) is 16.2 Å². The highest BCUT2D eigenvalue weighted by molar-refractivity contribution is 6.34. The molecule has 184 valence electrons. The second kappa shape index (κ2) is 11.3. The first-order valence-corrected chi connectivity index (χ1v) is 11.1. The van der Waals surface area contributed by atoms with Crippen molar-refractivity contribution in [3.05, 3.63) is 88.0 Å². The summed E-state index contributed by atoms with van der Waals surface area (Å²) in [4.78, 5) is 24.9. The monoisotopic (exact) mass is 506 g/mol. The van der Waals surface area contributed by atoms with Crippen LogP contribution in [0.1, 0.15) is 53.3 Å². The van der Waals surface area contributed by atoms with Crippen LogP contribution < -0.4 is 0 Å². The summed E-state index contributed by atoms with van der Waals surface area (Å²) in [5.41, 5.74) is -0.132. The summed E-state index contributed by atoms with van der Waals surface area (Å²) in [5, 5.41) is 20.2. The van der Waals surface area contributed by atoms with Crippen molar-refractivity contribution in [2.45, 2.75) is 38.0 Å². The predicted octanol–water partition coefficient (Wildman–Crippen LogP) is 6.85. The lowest BCUT2D eigenvalue weighted by molar-refractivity contribution is -0.170. The molecule has 0 saturated heterocycles. The summed E-state index contributed by atoms with van der Waals surface area (Å²) >= 11 is 6.19. The van der Waals surface area contributed by atoms with E-state index in [1.165, 1.54) is 6.08 Å². The van der Waals surface area contributed by atoms with Crippen molar-refractivity contribution in [1.82, 2.24) is 0 Å². The second-order valence-electron chi connectivity index (χ2n) is 7.83. The number of alkyl halides is 3. The van der Waals surface area contributed by atoms with Gasteiger partial charge in [0.05, 0.1) is 5.02 Å². The Kier molecular flexibility index (Phi) is 8.40. The number of Topliss-reactive ketones (excluding diaryl/α,β-unsaturated/α-hetero) is 1. The number of aromatic hydroxyl groups is 2. The zero-order valence-corrected chi connectivity index (χ0v) is 19.1. The van der Waals surface area contributed by atoms with Crippen LogP contribution in [0.5, 0.6) is 11.5 Å². The van der Waals surface area contributed by atoms with Crippen LogP contribution in [0.25, 0.3) is 6.08 Å². The Morgan fingerprint density at radius 1 is 1.06 bits per heavy atom. The van der Waals surface area contributed by atoms with E-state index >= 15 is 0 Å². The van der Waals surface area contributed by atoms with Gasteiger partial charge in [0, 0.05) is 24.5 Å². The molecule has 0 aliphatic carbocycles. The lowest BCUT2D eigenvalue weighted by Gasteiger charge is -2.19. The maximum Gasteiger partial charge on any atom is 0.450 e. The van der Waals surface area contributed by atoms with Crippen molar-refractivity contribution >= 4 is 29.4 Å². The van der Waals surface area contributed by atoms with E-state index in [9.17, 15) is 33.0 Å². The fraction of sp³-hybridized carbons (Fsp3) is 0.231. The molecule has 1 atom stereocenters. The highest BCUT2D eigenvalue weighted by atomic mass is 35.5. The number of fused-ring (bicyclic) bond motifs is 1. The van der Waals surface area contributed by atoms with Crippen molar-refractivity contribution in [3.63, 3.8) is 0 Å². The Balaban J connectivity index is 2.15.